The fraction of sp³-hybridized carbons (Fsp3) is 0.952. The van der Waals surface area contributed by atoms with E-state index in [1.165, 1.54) is 0 Å². The van der Waals surface area contributed by atoms with Crippen molar-refractivity contribution in [3.05, 3.63) is 0 Å². The highest BCUT2D eigenvalue weighted by Crippen LogP contribution is 2.51. The smallest absolute Gasteiger partial charge is 0.434 e. The maximum atomic E-state index is 11.6. The number of hydrogen-bond acceptors (Lipinski definition) is 7. The average Bonchev–Trinajstić information content (AvgIpc) is 2.96. The number of cyclic esters (lactones) is 1. The van der Waals surface area contributed by atoms with Gasteiger partial charge in [-0.15, -0.1) is 0 Å². The van der Waals surface area contributed by atoms with E-state index in [1.54, 1.807) is 0 Å². The number of hydrogen-bond donors (Lipinski definition) is 0. The van der Waals surface area contributed by atoms with E-state index < -0.39 is 20.0 Å². The van der Waals surface area contributed by atoms with Crippen LogP contribution in [0.3, 0.4) is 0 Å². The van der Waals surface area contributed by atoms with Crippen LogP contribution in [0, 0.1) is 17.3 Å². The maximum Gasteiger partial charge on any atom is 0.508 e. The van der Waals surface area contributed by atoms with Crippen LogP contribution < -0.4 is 0 Å². The van der Waals surface area contributed by atoms with Crippen molar-refractivity contribution in [2.75, 3.05) is 33.2 Å². The zero-order valence-electron chi connectivity index (χ0n) is 18.8. The number of rotatable bonds is 8. The lowest BCUT2D eigenvalue weighted by Crippen LogP contribution is -2.56. The molecule has 0 aromatic rings. The standard InChI is InChI=1S/C21H38O7Si/c1-20(2)26-12-17(28-20)18-15-11-25-19(22)27-16(15)7-8-21(18,3)13-24-14-23-9-10-29(4,5)6/h15-18H,7-14H2,1-6H3/t15-,16-,17-,18-,21-/m0/s1. The number of carbonyl (C=O) groups excluding carboxylic acids is 1. The minimum absolute atomic E-state index is 0.0744. The molecular weight excluding hydrogens is 392 g/mol. The molecule has 5 atom stereocenters. The van der Waals surface area contributed by atoms with E-state index in [0.29, 0.717) is 26.6 Å². The molecule has 0 spiro atoms. The van der Waals surface area contributed by atoms with Gasteiger partial charge in [-0.2, -0.15) is 0 Å². The topological polar surface area (TPSA) is 72.5 Å². The van der Waals surface area contributed by atoms with Gasteiger partial charge in [-0.3, -0.25) is 0 Å². The van der Waals surface area contributed by atoms with Crippen LogP contribution >= 0.6 is 0 Å². The molecule has 0 aromatic carbocycles. The van der Waals surface area contributed by atoms with Crippen molar-refractivity contribution in [1.82, 2.24) is 0 Å². The van der Waals surface area contributed by atoms with Crippen LogP contribution in [0.15, 0.2) is 0 Å². The second-order valence-electron chi connectivity index (χ2n) is 10.7. The first kappa shape index (κ1) is 23.0. The zero-order valence-corrected chi connectivity index (χ0v) is 19.8. The molecule has 7 nitrogen and oxygen atoms in total. The number of ether oxygens (including phenoxy) is 6. The van der Waals surface area contributed by atoms with Crippen molar-refractivity contribution in [3.8, 4) is 0 Å². The Morgan fingerprint density at radius 1 is 1.10 bits per heavy atom. The molecule has 1 aliphatic carbocycles. The summed E-state index contributed by atoms with van der Waals surface area (Å²) in [4.78, 5) is 11.6. The monoisotopic (exact) mass is 430 g/mol. The normalized spacial score (nSPS) is 37.0. The van der Waals surface area contributed by atoms with Crippen molar-refractivity contribution in [2.45, 2.75) is 77.3 Å². The van der Waals surface area contributed by atoms with Gasteiger partial charge >= 0.3 is 6.16 Å². The van der Waals surface area contributed by atoms with Crippen molar-refractivity contribution in [1.29, 1.82) is 0 Å². The third-order valence-corrected chi connectivity index (χ3v) is 8.11. The lowest BCUT2D eigenvalue weighted by atomic mass is 9.60. The van der Waals surface area contributed by atoms with E-state index in [2.05, 4.69) is 26.6 Å². The molecule has 0 amide bonds. The molecule has 2 saturated heterocycles. The summed E-state index contributed by atoms with van der Waals surface area (Å²) in [5.74, 6) is -0.422. The molecule has 29 heavy (non-hydrogen) atoms. The summed E-state index contributed by atoms with van der Waals surface area (Å²) in [5.41, 5.74) is -0.134. The Morgan fingerprint density at radius 3 is 2.52 bits per heavy atom. The molecule has 168 valence electrons. The van der Waals surface area contributed by atoms with Gasteiger partial charge in [0.25, 0.3) is 0 Å². The van der Waals surface area contributed by atoms with E-state index >= 15 is 0 Å². The highest BCUT2D eigenvalue weighted by molar-refractivity contribution is 6.76. The SMILES string of the molecule is CC1(C)OC[C@@H]([C@@H]2[C@H]3COC(=O)O[C@H]3CC[C@@]2(C)COCOCC[Si](C)(C)C)O1. The van der Waals surface area contributed by atoms with Gasteiger partial charge in [-0.25, -0.2) is 4.79 Å². The molecule has 3 aliphatic rings. The minimum Gasteiger partial charge on any atom is -0.434 e. The quantitative estimate of drug-likeness (QED) is 0.249. The van der Waals surface area contributed by atoms with Gasteiger partial charge in [-0.05, 0) is 38.1 Å². The summed E-state index contributed by atoms with van der Waals surface area (Å²) in [6.45, 7) is 15.6. The lowest BCUT2D eigenvalue weighted by molar-refractivity contribution is -0.197. The predicted molar refractivity (Wildman–Crippen MR) is 110 cm³/mol. The Bertz CT molecular complexity index is 576. The van der Waals surface area contributed by atoms with Crippen LogP contribution in [-0.2, 0) is 28.4 Å². The molecule has 2 heterocycles. The molecule has 3 fully saturated rings. The summed E-state index contributed by atoms with van der Waals surface area (Å²) in [7, 11) is -1.10. The molecule has 8 heteroatoms. The molecule has 1 saturated carbocycles. The predicted octanol–water partition coefficient (Wildman–Crippen LogP) is 4.03. The Kier molecular flexibility index (Phi) is 7.00. The molecule has 0 radical (unpaired) electrons. The first-order valence-electron chi connectivity index (χ1n) is 10.8. The summed E-state index contributed by atoms with van der Waals surface area (Å²) in [6, 6.07) is 1.13. The molecule has 3 rings (SSSR count). The van der Waals surface area contributed by atoms with Gasteiger partial charge < -0.3 is 28.4 Å². The van der Waals surface area contributed by atoms with E-state index in [1.807, 2.05) is 13.8 Å². The number of carbonyl (C=O) groups is 1. The molecule has 0 bridgehead atoms. The van der Waals surface area contributed by atoms with Gasteiger partial charge in [0.05, 0.1) is 19.3 Å². The van der Waals surface area contributed by atoms with Crippen molar-refractivity contribution in [3.63, 3.8) is 0 Å². The largest absolute Gasteiger partial charge is 0.508 e. The third kappa shape index (κ3) is 5.94. The van der Waals surface area contributed by atoms with Gasteiger partial charge in [0, 0.05) is 26.5 Å². The van der Waals surface area contributed by atoms with Crippen LogP contribution in [0.25, 0.3) is 0 Å². The fourth-order valence-corrected chi connectivity index (χ4v) is 5.59. The van der Waals surface area contributed by atoms with Crippen LogP contribution in [0.5, 0.6) is 0 Å². The van der Waals surface area contributed by atoms with Gasteiger partial charge in [0.15, 0.2) is 5.79 Å². The molecular formula is C21H38O7Si. The van der Waals surface area contributed by atoms with Crippen LogP contribution in [0.2, 0.25) is 25.7 Å². The molecule has 0 unspecified atom stereocenters. The number of fused-ring (bicyclic) bond motifs is 1. The zero-order chi connectivity index (χ0) is 21.3. The molecule has 2 aliphatic heterocycles. The van der Waals surface area contributed by atoms with Crippen molar-refractivity contribution < 1.29 is 33.2 Å². The first-order valence-corrected chi connectivity index (χ1v) is 14.5. The van der Waals surface area contributed by atoms with Gasteiger partial charge in [0.1, 0.15) is 19.5 Å². The van der Waals surface area contributed by atoms with Gasteiger partial charge in [0.2, 0.25) is 0 Å². The first-order chi connectivity index (χ1) is 13.5. The second-order valence-corrected chi connectivity index (χ2v) is 16.3. The van der Waals surface area contributed by atoms with Crippen LogP contribution in [0.4, 0.5) is 4.79 Å². The Labute approximate surface area is 175 Å². The Morgan fingerprint density at radius 2 is 1.86 bits per heavy atom. The van der Waals surface area contributed by atoms with E-state index in [9.17, 15) is 4.79 Å². The fourth-order valence-electron chi connectivity index (χ4n) is 4.84. The van der Waals surface area contributed by atoms with Gasteiger partial charge in [-0.1, -0.05) is 26.6 Å². The Hall–Kier alpha value is -0.673. The highest BCUT2D eigenvalue weighted by atomic mass is 28.3. The van der Waals surface area contributed by atoms with E-state index in [0.717, 1.165) is 25.5 Å². The summed E-state index contributed by atoms with van der Waals surface area (Å²) in [6.07, 6.45) is 0.920. The molecule has 0 N–H and O–H groups in total. The van der Waals surface area contributed by atoms with E-state index in [-0.39, 0.29) is 29.5 Å². The van der Waals surface area contributed by atoms with E-state index in [4.69, 9.17) is 28.4 Å². The van der Waals surface area contributed by atoms with Crippen molar-refractivity contribution >= 4 is 14.2 Å². The summed E-state index contributed by atoms with van der Waals surface area (Å²) in [5, 5.41) is 0. The average molecular weight is 431 g/mol. The highest BCUT2D eigenvalue weighted by Gasteiger charge is 2.56. The summed E-state index contributed by atoms with van der Waals surface area (Å²) >= 11 is 0. The second kappa shape index (κ2) is 8.83. The Balaban J connectivity index is 1.62. The molecule has 0 aromatic heterocycles. The third-order valence-electron chi connectivity index (χ3n) is 6.41. The minimum atomic E-state index is -1.10. The lowest BCUT2D eigenvalue weighted by Gasteiger charge is -2.51. The van der Waals surface area contributed by atoms with Crippen molar-refractivity contribution in [2.24, 2.45) is 17.3 Å². The van der Waals surface area contributed by atoms with Crippen LogP contribution in [-0.4, -0.2) is 65.4 Å². The van der Waals surface area contributed by atoms with Crippen LogP contribution in [0.1, 0.15) is 33.6 Å². The maximum absolute atomic E-state index is 11.6. The summed E-state index contributed by atoms with van der Waals surface area (Å²) < 4.78 is 34.6.